The van der Waals surface area contributed by atoms with Crippen LogP contribution in [0.4, 0.5) is 10.1 Å². The smallest absolute Gasteiger partial charge is 0.240 e. The van der Waals surface area contributed by atoms with Crippen LogP contribution in [-0.2, 0) is 16.7 Å². The van der Waals surface area contributed by atoms with Crippen molar-refractivity contribution >= 4 is 27.3 Å². The van der Waals surface area contributed by atoms with Gasteiger partial charge >= 0.3 is 0 Å². The number of hydrogen-bond donors (Lipinski definition) is 1. The Morgan fingerprint density at radius 2 is 1.81 bits per heavy atom. The monoisotopic (exact) mass is 412 g/mol. The zero-order valence-electron chi connectivity index (χ0n) is 14.8. The van der Waals surface area contributed by atoms with E-state index in [0.29, 0.717) is 23.8 Å². The fourth-order valence-corrected chi connectivity index (χ4v) is 4.26. The summed E-state index contributed by atoms with van der Waals surface area (Å²) in [6.45, 7) is 3.59. The Balaban J connectivity index is 1.46. The largest absolute Gasteiger partial charge is 0.366 e. The van der Waals surface area contributed by atoms with Gasteiger partial charge in [0.2, 0.25) is 10.0 Å². The molecular formula is C18H22ClFN4O2S. The minimum absolute atomic E-state index is 0.149. The molecule has 2 heterocycles. The van der Waals surface area contributed by atoms with Crippen LogP contribution in [0.15, 0.2) is 47.5 Å². The lowest BCUT2D eigenvalue weighted by atomic mass is 10.2. The molecule has 1 fully saturated rings. The summed E-state index contributed by atoms with van der Waals surface area (Å²) >= 11 is 6.14. The van der Waals surface area contributed by atoms with Gasteiger partial charge in [-0.2, -0.15) is 0 Å². The lowest BCUT2D eigenvalue weighted by Gasteiger charge is -2.36. The summed E-state index contributed by atoms with van der Waals surface area (Å²) in [6.07, 6.45) is 1.67. The molecule has 0 unspecified atom stereocenters. The summed E-state index contributed by atoms with van der Waals surface area (Å²) < 4.78 is 39.7. The summed E-state index contributed by atoms with van der Waals surface area (Å²) in [7, 11) is -3.58. The van der Waals surface area contributed by atoms with Crippen molar-refractivity contribution in [1.29, 1.82) is 0 Å². The lowest BCUT2D eigenvalue weighted by molar-refractivity contribution is 0.262. The topological polar surface area (TPSA) is 65.5 Å². The van der Waals surface area contributed by atoms with Crippen molar-refractivity contribution in [3.8, 4) is 0 Å². The molecule has 0 saturated carbocycles. The highest BCUT2D eigenvalue weighted by Crippen LogP contribution is 2.23. The van der Waals surface area contributed by atoms with Crippen LogP contribution in [0.1, 0.15) is 5.56 Å². The number of benzene rings is 1. The van der Waals surface area contributed by atoms with E-state index in [1.165, 1.54) is 24.3 Å². The molecule has 1 aliphatic heterocycles. The fraction of sp³-hybridized carbons (Fsp3) is 0.389. The number of rotatable bonds is 7. The Hall–Kier alpha value is -1.74. The van der Waals surface area contributed by atoms with Crippen molar-refractivity contribution in [3.63, 3.8) is 0 Å². The van der Waals surface area contributed by atoms with Gasteiger partial charge in [-0.1, -0.05) is 23.7 Å². The summed E-state index contributed by atoms with van der Waals surface area (Å²) in [5, 5.41) is 0.498. The van der Waals surface area contributed by atoms with E-state index in [9.17, 15) is 12.8 Å². The highest BCUT2D eigenvalue weighted by molar-refractivity contribution is 7.89. The molecule has 1 aliphatic rings. The maximum absolute atomic E-state index is 12.5. The summed E-state index contributed by atoms with van der Waals surface area (Å²) in [5.74, 6) is 0. The van der Waals surface area contributed by atoms with E-state index < -0.39 is 16.7 Å². The molecule has 1 aromatic carbocycles. The predicted molar refractivity (Wildman–Crippen MR) is 104 cm³/mol. The molecular weight excluding hydrogens is 391 g/mol. The minimum atomic E-state index is -3.58. The molecule has 0 radical (unpaired) electrons. The first-order valence-electron chi connectivity index (χ1n) is 8.72. The SMILES string of the molecule is O=S(=O)(NCCN1CCN(c2cccnc2Cl)CC1)c1ccc(CF)cc1. The van der Waals surface area contributed by atoms with Gasteiger partial charge in [0.1, 0.15) is 6.67 Å². The van der Waals surface area contributed by atoms with Crippen LogP contribution in [0.5, 0.6) is 0 Å². The average molecular weight is 413 g/mol. The summed E-state index contributed by atoms with van der Waals surface area (Å²) in [5.41, 5.74) is 1.39. The van der Waals surface area contributed by atoms with Crippen molar-refractivity contribution in [2.45, 2.75) is 11.6 Å². The summed E-state index contributed by atoms with van der Waals surface area (Å²) in [4.78, 5) is 8.64. The van der Waals surface area contributed by atoms with Crippen LogP contribution < -0.4 is 9.62 Å². The van der Waals surface area contributed by atoms with Gasteiger partial charge in [0.25, 0.3) is 0 Å². The van der Waals surface area contributed by atoms with Crippen LogP contribution in [-0.4, -0.2) is 57.6 Å². The molecule has 0 bridgehead atoms. The number of halogens is 2. The van der Waals surface area contributed by atoms with Gasteiger partial charge in [0, 0.05) is 45.5 Å². The first-order valence-corrected chi connectivity index (χ1v) is 10.6. The molecule has 27 heavy (non-hydrogen) atoms. The number of sulfonamides is 1. The van der Waals surface area contributed by atoms with E-state index in [2.05, 4.69) is 19.5 Å². The molecule has 1 N–H and O–H groups in total. The number of piperazine rings is 1. The average Bonchev–Trinajstić information content (AvgIpc) is 2.69. The highest BCUT2D eigenvalue weighted by atomic mass is 35.5. The number of aromatic nitrogens is 1. The molecule has 0 atom stereocenters. The third kappa shape index (κ3) is 5.16. The van der Waals surface area contributed by atoms with E-state index in [1.807, 2.05) is 12.1 Å². The van der Waals surface area contributed by atoms with Gasteiger partial charge in [0.15, 0.2) is 5.15 Å². The fourth-order valence-electron chi connectivity index (χ4n) is 3.00. The van der Waals surface area contributed by atoms with Gasteiger partial charge in [-0.25, -0.2) is 22.5 Å². The third-order valence-corrected chi connectivity index (χ3v) is 6.33. The first-order chi connectivity index (χ1) is 13.0. The van der Waals surface area contributed by atoms with Crippen LogP contribution in [0, 0.1) is 0 Å². The van der Waals surface area contributed by atoms with E-state index >= 15 is 0 Å². The maximum atomic E-state index is 12.5. The number of anilines is 1. The molecule has 9 heteroatoms. The van der Waals surface area contributed by atoms with Crippen LogP contribution in [0.2, 0.25) is 5.15 Å². The Kier molecular flexibility index (Phi) is 6.64. The van der Waals surface area contributed by atoms with Gasteiger partial charge in [-0.3, -0.25) is 4.90 Å². The maximum Gasteiger partial charge on any atom is 0.240 e. The van der Waals surface area contributed by atoms with E-state index in [-0.39, 0.29) is 4.90 Å². The van der Waals surface area contributed by atoms with Gasteiger partial charge in [-0.05, 0) is 29.8 Å². The quantitative estimate of drug-likeness (QED) is 0.707. The minimum Gasteiger partial charge on any atom is -0.366 e. The van der Waals surface area contributed by atoms with Gasteiger partial charge in [0.05, 0.1) is 10.6 Å². The lowest BCUT2D eigenvalue weighted by Crippen LogP contribution is -2.48. The first kappa shape index (κ1) is 20.0. The number of hydrogen-bond acceptors (Lipinski definition) is 5. The Morgan fingerprint density at radius 3 is 2.44 bits per heavy atom. The second kappa shape index (κ2) is 8.97. The molecule has 1 saturated heterocycles. The molecule has 0 aliphatic carbocycles. The van der Waals surface area contributed by atoms with Crippen molar-refractivity contribution < 1.29 is 12.8 Å². The Labute approximate surface area is 164 Å². The third-order valence-electron chi connectivity index (χ3n) is 4.56. The summed E-state index contributed by atoms with van der Waals surface area (Å²) in [6, 6.07) is 9.63. The normalized spacial score (nSPS) is 15.9. The predicted octanol–water partition coefficient (Wildman–Crippen LogP) is 2.31. The number of nitrogens with zero attached hydrogens (tertiary/aromatic N) is 3. The van der Waals surface area contributed by atoms with Crippen LogP contribution in [0.3, 0.4) is 0 Å². The zero-order valence-corrected chi connectivity index (χ0v) is 16.4. The molecule has 2 aromatic rings. The zero-order chi connectivity index (χ0) is 19.3. The molecule has 6 nitrogen and oxygen atoms in total. The number of pyridine rings is 1. The van der Waals surface area contributed by atoms with Crippen LogP contribution in [0.25, 0.3) is 0 Å². The van der Waals surface area contributed by atoms with E-state index in [0.717, 1.165) is 31.9 Å². The highest BCUT2D eigenvalue weighted by Gasteiger charge is 2.20. The molecule has 1 aromatic heterocycles. The Bertz CT molecular complexity index is 856. The number of alkyl halides is 1. The van der Waals surface area contributed by atoms with E-state index in [1.54, 1.807) is 6.20 Å². The molecule has 0 amide bonds. The van der Waals surface area contributed by atoms with Gasteiger partial charge < -0.3 is 4.90 Å². The molecule has 0 spiro atoms. The second-order valence-corrected chi connectivity index (χ2v) is 8.44. The van der Waals surface area contributed by atoms with E-state index in [4.69, 9.17) is 11.6 Å². The number of nitrogens with one attached hydrogen (secondary N) is 1. The van der Waals surface area contributed by atoms with Gasteiger partial charge in [-0.15, -0.1) is 0 Å². The molecule has 3 rings (SSSR count). The van der Waals surface area contributed by atoms with Crippen LogP contribution >= 0.6 is 11.6 Å². The Morgan fingerprint density at radius 1 is 1.11 bits per heavy atom. The van der Waals surface area contributed by atoms with Crippen molar-refractivity contribution in [3.05, 3.63) is 53.3 Å². The second-order valence-electron chi connectivity index (χ2n) is 6.32. The standard InChI is InChI=1S/C18H22ClFN4O2S/c19-18-17(2-1-7-21-18)24-12-10-23(11-13-24)9-8-22-27(25,26)16-5-3-15(14-20)4-6-16/h1-7,22H,8-14H2. The van der Waals surface area contributed by atoms with Crippen molar-refractivity contribution in [1.82, 2.24) is 14.6 Å². The van der Waals surface area contributed by atoms with Crippen molar-refractivity contribution in [2.24, 2.45) is 0 Å². The van der Waals surface area contributed by atoms with Crippen molar-refractivity contribution in [2.75, 3.05) is 44.2 Å². The molecule has 146 valence electrons.